The molecule has 5 rings (SSSR count). The number of carbonyl (C=O) groups is 1. The zero-order valence-corrected chi connectivity index (χ0v) is 20.3. The van der Waals surface area contributed by atoms with Crippen molar-refractivity contribution in [3.63, 3.8) is 0 Å². The van der Waals surface area contributed by atoms with Gasteiger partial charge in [-0.3, -0.25) is 4.40 Å². The van der Waals surface area contributed by atoms with Crippen LogP contribution in [0.5, 0.6) is 0 Å². The monoisotopic (exact) mass is 516 g/mol. The van der Waals surface area contributed by atoms with Gasteiger partial charge in [0.1, 0.15) is 16.5 Å². The lowest BCUT2D eigenvalue weighted by molar-refractivity contribution is 0.0691. The van der Waals surface area contributed by atoms with Crippen LogP contribution in [0.25, 0.3) is 16.6 Å². The van der Waals surface area contributed by atoms with E-state index in [-0.39, 0.29) is 16.5 Å². The maximum absolute atomic E-state index is 13.6. The maximum Gasteiger partial charge on any atom is 0.356 e. The first kappa shape index (κ1) is 24.1. The van der Waals surface area contributed by atoms with E-state index >= 15 is 0 Å². The lowest BCUT2D eigenvalue weighted by Crippen LogP contribution is -2.38. The van der Waals surface area contributed by atoms with Crippen LogP contribution in [0.15, 0.2) is 30.5 Å². The number of pyridine rings is 1. The van der Waals surface area contributed by atoms with Gasteiger partial charge in [0.2, 0.25) is 5.95 Å². The van der Waals surface area contributed by atoms with Crippen LogP contribution in [0.4, 0.5) is 20.4 Å². The summed E-state index contributed by atoms with van der Waals surface area (Å²) < 4.78 is 34.3. The van der Waals surface area contributed by atoms with Gasteiger partial charge in [-0.25, -0.2) is 28.5 Å². The highest BCUT2D eigenvalue weighted by Gasteiger charge is 2.24. The molecule has 36 heavy (non-hydrogen) atoms. The second kappa shape index (κ2) is 9.47. The zero-order valence-electron chi connectivity index (χ0n) is 19.5. The Hall–Kier alpha value is -3.57. The number of carboxylic acid groups (broad SMARTS) is 1. The van der Waals surface area contributed by atoms with Gasteiger partial charge in [0, 0.05) is 30.2 Å². The topological polar surface area (TPSA) is 105 Å². The number of anilines is 2. The average Bonchev–Trinajstić information content (AvgIpc) is 3.31. The number of benzene rings is 1. The highest BCUT2D eigenvalue weighted by Crippen LogP contribution is 2.34. The summed E-state index contributed by atoms with van der Waals surface area (Å²) in [4.78, 5) is 26.8. The summed E-state index contributed by atoms with van der Waals surface area (Å²) in [5.41, 5.74) is 2.37. The third kappa shape index (κ3) is 4.40. The normalized spacial score (nSPS) is 15.1. The van der Waals surface area contributed by atoms with Crippen molar-refractivity contribution in [2.45, 2.75) is 26.3 Å². The largest absolute Gasteiger partial charge is 0.476 e. The van der Waals surface area contributed by atoms with Gasteiger partial charge in [-0.2, -0.15) is 0 Å². The Kier molecular flexibility index (Phi) is 6.35. The van der Waals surface area contributed by atoms with Crippen molar-refractivity contribution in [1.82, 2.24) is 19.4 Å². The van der Waals surface area contributed by atoms with E-state index in [4.69, 9.17) is 21.3 Å². The smallest absolute Gasteiger partial charge is 0.356 e. The molecular weight excluding hydrogens is 494 g/mol. The van der Waals surface area contributed by atoms with Gasteiger partial charge < -0.3 is 20.1 Å². The minimum absolute atomic E-state index is 0.0694. The molecule has 12 heteroatoms. The van der Waals surface area contributed by atoms with Crippen molar-refractivity contribution in [2.75, 3.05) is 36.5 Å². The van der Waals surface area contributed by atoms with Gasteiger partial charge in [-0.05, 0) is 37.6 Å². The molecule has 188 valence electrons. The first-order chi connectivity index (χ1) is 17.2. The molecule has 1 saturated heterocycles. The van der Waals surface area contributed by atoms with Crippen molar-refractivity contribution < 1.29 is 23.4 Å². The molecule has 9 nitrogen and oxygen atoms in total. The van der Waals surface area contributed by atoms with Crippen LogP contribution in [0.2, 0.25) is 5.15 Å². The van der Waals surface area contributed by atoms with Gasteiger partial charge in [-0.15, -0.1) is 0 Å². The van der Waals surface area contributed by atoms with Gasteiger partial charge in [0.05, 0.1) is 30.5 Å². The summed E-state index contributed by atoms with van der Waals surface area (Å²) >= 11 is 5.90. The summed E-state index contributed by atoms with van der Waals surface area (Å²) in [6, 6.07) is 6.46. The number of ether oxygens (including phenoxy) is 1. The molecule has 0 unspecified atom stereocenters. The number of nitrogens with zero attached hydrogens (tertiary/aromatic N) is 5. The summed E-state index contributed by atoms with van der Waals surface area (Å²) in [6.45, 7) is 5.87. The van der Waals surface area contributed by atoms with E-state index in [1.54, 1.807) is 10.5 Å². The van der Waals surface area contributed by atoms with Crippen molar-refractivity contribution in [2.24, 2.45) is 0 Å². The van der Waals surface area contributed by atoms with Crippen LogP contribution in [-0.2, 0) is 4.74 Å². The summed E-state index contributed by atoms with van der Waals surface area (Å²) in [6.07, 6.45) is -1.39. The molecule has 1 aliphatic rings. The summed E-state index contributed by atoms with van der Waals surface area (Å²) in [7, 11) is 0. The van der Waals surface area contributed by atoms with Crippen LogP contribution < -0.4 is 10.2 Å². The maximum atomic E-state index is 13.6. The number of alkyl halides is 2. The highest BCUT2D eigenvalue weighted by molar-refractivity contribution is 6.29. The predicted octanol–water partition coefficient (Wildman–Crippen LogP) is 4.88. The van der Waals surface area contributed by atoms with Gasteiger partial charge in [0.25, 0.3) is 6.43 Å². The van der Waals surface area contributed by atoms with E-state index in [0.717, 1.165) is 11.1 Å². The Morgan fingerprint density at radius 1 is 1.19 bits per heavy atom. The van der Waals surface area contributed by atoms with E-state index < -0.39 is 18.4 Å². The van der Waals surface area contributed by atoms with E-state index in [1.165, 1.54) is 12.3 Å². The molecule has 0 saturated carbocycles. The zero-order chi connectivity index (χ0) is 25.6. The molecule has 1 fully saturated rings. The lowest BCUT2D eigenvalue weighted by Gasteiger charge is -2.29. The quantitative estimate of drug-likeness (QED) is 0.349. The van der Waals surface area contributed by atoms with Crippen LogP contribution in [0.3, 0.4) is 0 Å². The SMILES string of the molecule is Cc1cc([C@@H](C)Nc2ccc(Cl)nc2C(=O)O)c2nc(N3CCOCC3)n3cc(C(F)F)nc3c2c1. The molecule has 0 spiro atoms. The molecule has 3 aromatic heterocycles. The second-order valence-corrected chi connectivity index (χ2v) is 9.01. The van der Waals surface area contributed by atoms with Gasteiger partial charge in [0.15, 0.2) is 5.69 Å². The number of halogens is 3. The molecule has 1 atom stereocenters. The third-order valence-corrected chi connectivity index (χ3v) is 6.31. The minimum Gasteiger partial charge on any atom is -0.476 e. The molecule has 1 aliphatic heterocycles. The van der Waals surface area contributed by atoms with Crippen molar-refractivity contribution in [1.29, 1.82) is 0 Å². The predicted molar refractivity (Wildman–Crippen MR) is 131 cm³/mol. The summed E-state index contributed by atoms with van der Waals surface area (Å²) in [5, 5.41) is 13.5. The number of imidazole rings is 1. The number of carboxylic acids is 1. The molecular formula is C24H23ClF2N6O3. The number of aromatic nitrogens is 4. The molecule has 0 amide bonds. The number of rotatable bonds is 6. The first-order valence-electron chi connectivity index (χ1n) is 11.3. The number of morpholine rings is 1. The molecule has 4 aromatic rings. The number of aromatic carboxylic acids is 1. The van der Waals surface area contributed by atoms with E-state index in [0.29, 0.717) is 54.5 Å². The molecule has 0 bridgehead atoms. The molecule has 1 aromatic carbocycles. The van der Waals surface area contributed by atoms with Gasteiger partial charge >= 0.3 is 5.97 Å². The van der Waals surface area contributed by atoms with Crippen LogP contribution in [-0.4, -0.2) is 56.7 Å². The Labute approximate surface area is 209 Å². The first-order valence-corrected chi connectivity index (χ1v) is 11.7. The number of aryl methyl sites for hydroxylation is 1. The van der Waals surface area contributed by atoms with E-state index in [2.05, 4.69) is 15.3 Å². The van der Waals surface area contributed by atoms with E-state index in [9.17, 15) is 18.7 Å². The number of hydrogen-bond donors (Lipinski definition) is 2. The Morgan fingerprint density at radius 3 is 2.64 bits per heavy atom. The lowest BCUT2D eigenvalue weighted by atomic mass is 10.0. The standard InChI is InChI=1S/C24H23ClF2N6O3/c1-12-9-14(13(2)28-16-3-4-18(25)30-20(16)23(34)35)19-15(10-12)22-29-17(21(26)27)11-33(22)24(31-19)32-5-7-36-8-6-32/h3-4,9-11,13,21,28H,5-8H2,1-2H3,(H,34,35)/t13-/m1/s1. The Morgan fingerprint density at radius 2 is 1.94 bits per heavy atom. The van der Waals surface area contributed by atoms with Crippen molar-refractivity contribution in [3.8, 4) is 0 Å². The fraction of sp³-hybridized carbons (Fsp3) is 0.333. The number of hydrogen-bond acceptors (Lipinski definition) is 7. The Balaban J connectivity index is 1.69. The second-order valence-electron chi connectivity index (χ2n) is 8.62. The van der Waals surface area contributed by atoms with Crippen molar-refractivity contribution >= 4 is 45.8 Å². The molecule has 0 radical (unpaired) electrons. The number of nitrogens with one attached hydrogen (secondary N) is 1. The summed E-state index contributed by atoms with van der Waals surface area (Å²) in [5.74, 6) is -0.718. The van der Waals surface area contributed by atoms with E-state index in [1.807, 2.05) is 30.9 Å². The van der Waals surface area contributed by atoms with Gasteiger partial charge in [-0.1, -0.05) is 17.7 Å². The minimum atomic E-state index is -2.73. The number of fused-ring (bicyclic) bond motifs is 3. The third-order valence-electron chi connectivity index (χ3n) is 6.10. The Bertz CT molecular complexity index is 1470. The fourth-order valence-corrected chi connectivity index (χ4v) is 4.59. The molecule has 2 N–H and O–H groups in total. The van der Waals surface area contributed by atoms with Crippen molar-refractivity contribution in [3.05, 3.63) is 58.1 Å². The van der Waals surface area contributed by atoms with Crippen LogP contribution in [0.1, 0.15) is 46.7 Å². The molecule has 0 aliphatic carbocycles. The van der Waals surface area contributed by atoms with Crippen LogP contribution in [0, 0.1) is 6.92 Å². The average molecular weight is 517 g/mol. The highest BCUT2D eigenvalue weighted by atomic mass is 35.5. The van der Waals surface area contributed by atoms with Crippen LogP contribution >= 0.6 is 11.6 Å². The molecule has 4 heterocycles. The fourth-order valence-electron chi connectivity index (χ4n) is 4.44.